The first kappa shape index (κ1) is 15.3. The number of aryl methyl sites for hydroxylation is 1. The molecule has 3 aromatic rings. The molecular formula is C19H15ClN2O. The van der Waals surface area contributed by atoms with Crippen molar-refractivity contribution < 1.29 is 4.42 Å². The molecule has 0 aliphatic heterocycles. The lowest BCUT2D eigenvalue weighted by atomic mass is 10.2. The fourth-order valence-electron chi connectivity index (χ4n) is 1.94. The Morgan fingerprint density at radius 3 is 1.74 bits per heavy atom. The number of benzene rings is 2. The van der Waals surface area contributed by atoms with Gasteiger partial charge in [-0.3, -0.25) is 9.98 Å². The number of nitrogens with zero attached hydrogens (tertiary/aromatic N) is 2. The minimum Gasteiger partial charge on any atom is -0.454 e. The Hall–Kier alpha value is -2.65. The van der Waals surface area contributed by atoms with Crippen molar-refractivity contribution >= 4 is 35.4 Å². The van der Waals surface area contributed by atoms with Gasteiger partial charge in [-0.05, 0) is 55.5 Å². The lowest BCUT2D eigenvalue weighted by Gasteiger charge is -1.94. The normalized spacial score (nSPS) is 11.6. The van der Waals surface area contributed by atoms with Gasteiger partial charge in [0.05, 0.1) is 23.8 Å². The first-order valence-corrected chi connectivity index (χ1v) is 7.57. The molecule has 0 aliphatic carbocycles. The molecule has 0 fully saturated rings. The van der Waals surface area contributed by atoms with E-state index >= 15 is 0 Å². The van der Waals surface area contributed by atoms with E-state index in [0.717, 1.165) is 11.4 Å². The zero-order valence-corrected chi connectivity index (χ0v) is 13.4. The van der Waals surface area contributed by atoms with E-state index in [2.05, 4.69) is 9.98 Å². The van der Waals surface area contributed by atoms with Gasteiger partial charge in [0, 0.05) is 5.02 Å². The van der Waals surface area contributed by atoms with E-state index in [1.165, 1.54) is 5.56 Å². The highest BCUT2D eigenvalue weighted by molar-refractivity contribution is 6.30. The fraction of sp³-hybridized carbons (Fsp3) is 0.0526. The van der Waals surface area contributed by atoms with Crippen LogP contribution in [0.3, 0.4) is 0 Å². The summed E-state index contributed by atoms with van der Waals surface area (Å²) in [5.41, 5.74) is 2.92. The average Bonchev–Trinajstić information content (AvgIpc) is 3.02. The molecule has 23 heavy (non-hydrogen) atoms. The van der Waals surface area contributed by atoms with E-state index in [0.29, 0.717) is 16.5 Å². The predicted molar refractivity (Wildman–Crippen MR) is 95.8 cm³/mol. The van der Waals surface area contributed by atoms with Crippen LogP contribution in [0.15, 0.2) is 75.1 Å². The van der Waals surface area contributed by atoms with Gasteiger partial charge >= 0.3 is 0 Å². The van der Waals surface area contributed by atoms with Crippen LogP contribution >= 0.6 is 11.6 Å². The summed E-state index contributed by atoms with van der Waals surface area (Å²) in [7, 11) is 0. The van der Waals surface area contributed by atoms with Crippen molar-refractivity contribution in [3.05, 3.63) is 82.8 Å². The van der Waals surface area contributed by atoms with Crippen LogP contribution in [-0.4, -0.2) is 12.4 Å². The maximum Gasteiger partial charge on any atom is 0.145 e. The van der Waals surface area contributed by atoms with Gasteiger partial charge in [-0.2, -0.15) is 0 Å². The molecule has 0 atom stereocenters. The molecule has 3 rings (SSSR count). The molecule has 114 valence electrons. The van der Waals surface area contributed by atoms with Crippen LogP contribution in [-0.2, 0) is 0 Å². The quantitative estimate of drug-likeness (QED) is 0.564. The monoisotopic (exact) mass is 322 g/mol. The zero-order chi connectivity index (χ0) is 16.1. The molecule has 0 spiro atoms. The first-order chi connectivity index (χ1) is 11.2. The van der Waals surface area contributed by atoms with Gasteiger partial charge in [-0.15, -0.1) is 0 Å². The van der Waals surface area contributed by atoms with Gasteiger partial charge in [-0.25, -0.2) is 0 Å². The third-order valence-corrected chi connectivity index (χ3v) is 3.44. The molecule has 0 bridgehead atoms. The van der Waals surface area contributed by atoms with Crippen LogP contribution in [0.25, 0.3) is 0 Å². The molecule has 0 unspecified atom stereocenters. The molecule has 0 saturated heterocycles. The second-order valence-corrected chi connectivity index (χ2v) is 5.50. The van der Waals surface area contributed by atoms with Crippen molar-refractivity contribution in [2.45, 2.75) is 6.92 Å². The SMILES string of the molecule is Cc1ccc(N=Cc2ccc(C=Nc3ccc(Cl)cc3)o2)cc1. The van der Waals surface area contributed by atoms with Gasteiger partial charge < -0.3 is 4.42 Å². The highest BCUT2D eigenvalue weighted by atomic mass is 35.5. The second kappa shape index (κ2) is 7.07. The van der Waals surface area contributed by atoms with Crippen LogP contribution in [0.5, 0.6) is 0 Å². The number of hydrogen-bond donors (Lipinski definition) is 0. The van der Waals surface area contributed by atoms with Crippen molar-refractivity contribution in [1.29, 1.82) is 0 Å². The van der Waals surface area contributed by atoms with Crippen LogP contribution < -0.4 is 0 Å². The largest absolute Gasteiger partial charge is 0.454 e. The lowest BCUT2D eigenvalue weighted by molar-refractivity contribution is 0.553. The van der Waals surface area contributed by atoms with E-state index < -0.39 is 0 Å². The minimum absolute atomic E-state index is 0.672. The molecule has 3 nitrogen and oxygen atoms in total. The number of aliphatic imine (C=N–C) groups is 2. The molecule has 0 radical (unpaired) electrons. The Bertz CT molecular complexity index is 761. The Kier molecular flexibility index (Phi) is 4.69. The smallest absolute Gasteiger partial charge is 0.145 e. The summed E-state index contributed by atoms with van der Waals surface area (Å²) in [6.45, 7) is 2.05. The number of rotatable bonds is 4. The summed E-state index contributed by atoms with van der Waals surface area (Å²) in [6.07, 6.45) is 3.37. The molecule has 0 saturated carbocycles. The van der Waals surface area contributed by atoms with Gasteiger partial charge in [0.25, 0.3) is 0 Å². The molecular weight excluding hydrogens is 308 g/mol. The minimum atomic E-state index is 0.672. The van der Waals surface area contributed by atoms with Crippen molar-refractivity contribution in [2.24, 2.45) is 9.98 Å². The summed E-state index contributed by atoms with van der Waals surface area (Å²) in [5.74, 6) is 1.36. The molecule has 1 aromatic heterocycles. The maximum atomic E-state index is 5.84. The number of hydrogen-bond acceptors (Lipinski definition) is 3. The predicted octanol–water partition coefficient (Wildman–Crippen LogP) is 5.74. The van der Waals surface area contributed by atoms with Crippen LogP contribution in [0.4, 0.5) is 11.4 Å². The Morgan fingerprint density at radius 2 is 1.22 bits per heavy atom. The number of furan rings is 1. The van der Waals surface area contributed by atoms with E-state index in [1.807, 2.05) is 55.5 Å². The highest BCUT2D eigenvalue weighted by Gasteiger charge is 1.97. The molecule has 0 aliphatic rings. The van der Waals surface area contributed by atoms with Crippen molar-refractivity contribution in [3.63, 3.8) is 0 Å². The number of halogens is 1. The summed E-state index contributed by atoms with van der Waals surface area (Å²) in [6, 6.07) is 19.0. The van der Waals surface area contributed by atoms with Crippen LogP contribution in [0.2, 0.25) is 5.02 Å². The Morgan fingerprint density at radius 1 is 0.739 bits per heavy atom. The van der Waals surface area contributed by atoms with E-state index in [1.54, 1.807) is 24.6 Å². The third kappa shape index (κ3) is 4.41. The van der Waals surface area contributed by atoms with Gasteiger partial charge in [0.2, 0.25) is 0 Å². The van der Waals surface area contributed by atoms with Crippen LogP contribution in [0, 0.1) is 6.92 Å². The molecule has 0 amide bonds. The van der Waals surface area contributed by atoms with Gasteiger partial charge in [0.1, 0.15) is 11.5 Å². The molecule has 4 heteroatoms. The molecule has 0 N–H and O–H groups in total. The summed E-state index contributed by atoms with van der Waals surface area (Å²) in [4.78, 5) is 8.72. The zero-order valence-electron chi connectivity index (χ0n) is 12.6. The topological polar surface area (TPSA) is 37.9 Å². The Balaban J connectivity index is 1.68. The van der Waals surface area contributed by atoms with Crippen molar-refractivity contribution in [2.75, 3.05) is 0 Å². The first-order valence-electron chi connectivity index (χ1n) is 7.19. The maximum absolute atomic E-state index is 5.84. The second-order valence-electron chi connectivity index (χ2n) is 5.07. The van der Waals surface area contributed by atoms with Crippen molar-refractivity contribution in [1.82, 2.24) is 0 Å². The molecule has 1 heterocycles. The van der Waals surface area contributed by atoms with E-state index in [9.17, 15) is 0 Å². The standard InChI is InChI=1S/C19H15ClN2O/c1-14-2-6-16(7-3-14)21-12-18-10-11-19(23-18)13-22-17-8-4-15(20)5-9-17/h2-13H,1H3. The van der Waals surface area contributed by atoms with Crippen LogP contribution in [0.1, 0.15) is 17.1 Å². The van der Waals surface area contributed by atoms with E-state index in [-0.39, 0.29) is 0 Å². The fourth-order valence-corrected chi connectivity index (χ4v) is 2.07. The molecule has 2 aromatic carbocycles. The van der Waals surface area contributed by atoms with Gasteiger partial charge in [0.15, 0.2) is 0 Å². The summed E-state index contributed by atoms with van der Waals surface area (Å²) < 4.78 is 5.65. The lowest BCUT2D eigenvalue weighted by Crippen LogP contribution is -1.77. The summed E-state index contributed by atoms with van der Waals surface area (Å²) >= 11 is 5.84. The van der Waals surface area contributed by atoms with Crippen molar-refractivity contribution in [3.8, 4) is 0 Å². The Labute approximate surface area is 140 Å². The highest BCUT2D eigenvalue weighted by Crippen LogP contribution is 2.17. The van der Waals surface area contributed by atoms with Gasteiger partial charge in [-0.1, -0.05) is 29.3 Å². The summed E-state index contributed by atoms with van der Waals surface area (Å²) in [5, 5.41) is 0.691. The average molecular weight is 323 g/mol. The van der Waals surface area contributed by atoms with E-state index in [4.69, 9.17) is 16.0 Å². The third-order valence-electron chi connectivity index (χ3n) is 3.19.